The SMILES string of the molecule is CC(C)CC(CN(CCN(CCNCC(=O)O)CC(=O)O)CC(=O)O)NCC(=O)O. The van der Waals surface area contributed by atoms with E-state index >= 15 is 0 Å². The highest BCUT2D eigenvalue weighted by molar-refractivity contribution is 5.70. The lowest BCUT2D eigenvalue weighted by Gasteiger charge is -2.30. The molecule has 1 atom stereocenters. The van der Waals surface area contributed by atoms with E-state index in [0.717, 1.165) is 0 Å². The third-order valence-electron chi connectivity index (χ3n) is 4.11. The Kier molecular flexibility index (Phi) is 14.4. The molecular formula is C18H34N4O8. The van der Waals surface area contributed by atoms with Crippen molar-refractivity contribution in [3.63, 3.8) is 0 Å². The van der Waals surface area contributed by atoms with E-state index in [2.05, 4.69) is 10.6 Å². The summed E-state index contributed by atoms with van der Waals surface area (Å²) < 4.78 is 0. The van der Waals surface area contributed by atoms with E-state index in [1.807, 2.05) is 13.8 Å². The first-order valence-electron chi connectivity index (χ1n) is 9.75. The van der Waals surface area contributed by atoms with Crippen LogP contribution in [0.1, 0.15) is 20.3 Å². The zero-order chi connectivity index (χ0) is 23.1. The van der Waals surface area contributed by atoms with Crippen LogP contribution in [0, 0.1) is 5.92 Å². The summed E-state index contributed by atoms with van der Waals surface area (Å²) in [6, 6.07) is -0.231. The van der Waals surface area contributed by atoms with Gasteiger partial charge in [-0.1, -0.05) is 13.8 Å². The van der Waals surface area contributed by atoms with Gasteiger partial charge in [-0.15, -0.1) is 0 Å². The van der Waals surface area contributed by atoms with Gasteiger partial charge in [0.25, 0.3) is 0 Å². The van der Waals surface area contributed by atoms with Gasteiger partial charge in [0.15, 0.2) is 0 Å². The summed E-state index contributed by atoms with van der Waals surface area (Å²) in [4.78, 5) is 47.0. The molecule has 0 amide bonds. The van der Waals surface area contributed by atoms with Crippen molar-refractivity contribution in [2.45, 2.75) is 26.3 Å². The quantitative estimate of drug-likeness (QED) is 0.130. The summed E-state index contributed by atoms with van der Waals surface area (Å²) in [7, 11) is 0. The summed E-state index contributed by atoms with van der Waals surface area (Å²) in [6.07, 6.45) is 0.654. The van der Waals surface area contributed by atoms with Gasteiger partial charge in [-0.3, -0.25) is 29.0 Å². The number of carboxylic acids is 4. The van der Waals surface area contributed by atoms with Gasteiger partial charge in [0.05, 0.1) is 26.2 Å². The number of rotatable bonds is 19. The monoisotopic (exact) mass is 434 g/mol. The van der Waals surface area contributed by atoms with Crippen LogP contribution in [-0.2, 0) is 19.2 Å². The van der Waals surface area contributed by atoms with Gasteiger partial charge in [0.2, 0.25) is 0 Å². The fraction of sp³-hybridized carbons (Fsp3) is 0.778. The van der Waals surface area contributed by atoms with Crippen LogP contribution in [0.25, 0.3) is 0 Å². The van der Waals surface area contributed by atoms with Gasteiger partial charge in [-0.2, -0.15) is 0 Å². The summed E-state index contributed by atoms with van der Waals surface area (Å²) >= 11 is 0. The molecule has 174 valence electrons. The van der Waals surface area contributed by atoms with E-state index in [1.165, 1.54) is 0 Å². The van der Waals surface area contributed by atoms with Crippen molar-refractivity contribution in [2.75, 3.05) is 58.9 Å². The highest BCUT2D eigenvalue weighted by atomic mass is 16.4. The smallest absolute Gasteiger partial charge is 0.317 e. The Hall–Kier alpha value is -2.28. The Bertz CT molecular complexity index is 558. The second kappa shape index (κ2) is 15.5. The molecule has 12 nitrogen and oxygen atoms in total. The maximum Gasteiger partial charge on any atom is 0.317 e. The summed E-state index contributed by atoms with van der Waals surface area (Å²) in [5.74, 6) is -3.83. The number of aliphatic carboxylic acids is 4. The molecule has 0 saturated carbocycles. The molecule has 0 rings (SSSR count). The molecule has 0 aromatic carbocycles. The van der Waals surface area contributed by atoms with E-state index in [9.17, 15) is 24.3 Å². The molecule has 6 N–H and O–H groups in total. The zero-order valence-corrected chi connectivity index (χ0v) is 17.5. The molecule has 0 aliphatic carbocycles. The molecule has 0 spiro atoms. The van der Waals surface area contributed by atoms with Gasteiger partial charge < -0.3 is 31.1 Å². The van der Waals surface area contributed by atoms with Crippen LogP contribution in [-0.4, -0.2) is 119 Å². The van der Waals surface area contributed by atoms with Crippen LogP contribution in [0.5, 0.6) is 0 Å². The van der Waals surface area contributed by atoms with Gasteiger partial charge >= 0.3 is 23.9 Å². The Balaban J connectivity index is 4.92. The molecule has 12 heteroatoms. The molecule has 0 heterocycles. The standard InChI is InChI=1S/C18H34N4O8/c1-13(2)7-14(20-9-16(25)26)10-22(12-18(29)30)6-5-21(11-17(27)28)4-3-19-8-15(23)24/h13-14,19-20H,3-12H2,1-2H3,(H,23,24)(H,25,26)(H,27,28)(H,29,30). The van der Waals surface area contributed by atoms with Crippen molar-refractivity contribution in [1.29, 1.82) is 0 Å². The topological polar surface area (TPSA) is 180 Å². The van der Waals surface area contributed by atoms with Crippen LogP contribution in [0.3, 0.4) is 0 Å². The Morgan fingerprint density at radius 2 is 1.30 bits per heavy atom. The van der Waals surface area contributed by atoms with Crippen molar-refractivity contribution in [1.82, 2.24) is 20.4 Å². The van der Waals surface area contributed by atoms with E-state index in [1.54, 1.807) is 9.80 Å². The summed E-state index contributed by atoms with van der Waals surface area (Å²) in [6.45, 7) is 4.35. The molecule has 0 radical (unpaired) electrons. The normalized spacial score (nSPS) is 12.4. The average molecular weight is 434 g/mol. The minimum Gasteiger partial charge on any atom is -0.480 e. The Morgan fingerprint density at radius 3 is 1.80 bits per heavy atom. The fourth-order valence-electron chi connectivity index (χ4n) is 2.94. The molecule has 0 aliphatic rings. The number of nitrogens with one attached hydrogen (secondary N) is 2. The van der Waals surface area contributed by atoms with Crippen LogP contribution in [0.15, 0.2) is 0 Å². The molecule has 0 aliphatic heterocycles. The molecule has 0 fully saturated rings. The lowest BCUT2D eigenvalue weighted by Crippen LogP contribution is -2.48. The third kappa shape index (κ3) is 16.7. The van der Waals surface area contributed by atoms with Crippen LogP contribution < -0.4 is 10.6 Å². The van der Waals surface area contributed by atoms with Crippen LogP contribution in [0.4, 0.5) is 0 Å². The lowest BCUT2D eigenvalue weighted by atomic mass is 10.0. The highest BCUT2D eigenvalue weighted by Crippen LogP contribution is 2.07. The van der Waals surface area contributed by atoms with Gasteiger partial charge in [0, 0.05) is 38.8 Å². The minimum absolute atomic E-state index is 0.231. The number of carboxylic acid groups (broad SMARTS) is 4. The average Bonchev–Trinajstić information content (AvgIpc) is 2.59. The molecule has 0 aromatic rings. The van der Waals surface area contributed by atoms with Gasteiger partial charge in [-0.25, -0.2) is 0 Å². The lowest BCUT2D eigenvalue weighted by molar-refractivity contribution is -0.140. The molecule has 0 saturated heterocycles. The van der Waals surface area contributed by atoms with E-state index in [-0.39, 0.29) is 64.3 Å². The largest absolute Gasteiger partial charge is 0.480 e. The molecule has 30 heavy (non-hydrogen) atoms. The zero-order valence-electron chi connectivity index (χ0n) is 17.5. The van der Waals surface area contributed by atoms with E-state index in [4.69, 9.17) is 15.3 Å². The van der Waals surface area contributed by atoms with Crippen molar-refractivity contribution in [2.24, 2.45) is 5.92 Å². The highest BCUT2D eigenvalue weighted by Gasteiger charge is 2.20. The van der Waals surface area contributed by atoms with Crippen LogP contribution in [0.2, 0.25) is 0 Å². The number of hydrogen-bond donors (Lipinski definition) is 6. The molecule has 0 bridgehead atoms. The number of hydrogen-bond acceptors (Lipinski definition) is 8. The van der Waals surface area contributed by atoms with Crippen molar-refractivity contribution < 1.29 is 39.6 Å². The Labute approximate surface area is 175 Å². The second-order valence-corrected chi connectivity index (χ2v) is 7.47. The maximum atomic E-state index is 11.2. The molecular weight excluding hydrogens is 400 g/mol. The second-order valence-electron chi connectivity index (χ2n) is 7.47. The summed E-state index contributed by atoms with van der Waals surface area (Å²) in [5.41, 5.74) is 0. The predicted molar refractivity (Wildman–Crippen MR) is 108 cm³/mol. The first kappa shape index (κ1) is 27.7. The van der Waals surface area contributed by atoms with E-state index in [0.29, 0.717) is 13.0 Å². The molecule has 1 unspecified atom stereocenters. The van der Waals surface area contributed by atoms with Gasteiger partial charge in [0.1, 0.15) is 0 Å². The number of carbonyl (C=O) groups is 4. The predicted octanol–water partition coefficient (Wildman–Crippen LogP) is -1.48. The molecule has 0 aromatic heterocycles. The summed E-state index contributed by atoms with van der Waals surface area (Å²) in [5, 5.41) is 41.4. The van der Waals surface area contributed by atoms with Crippen molar-refractivity contribution in [3.05, 3.63) is 0 Å². The first-order chi connectivity index (χ1) is 14.0. The minimum atomic E-state index is -1.04. The van der Waals surface area contributed by atoms with Crippen LogP contribution >= 0.6 is 0 Å². The third-order valence-corrected chi connectivity index (χ3v) is 4.11. The van der Waals surface area contributed by atoms with E-state index < -0.39 is 23.9 Å². The van der Waals surface area contributed by atoms with Crippen molar-refractivity contribution in [3.8, 4) is 0 Å². The van der Waals surface area contributed by atoms with Gasteiger partial charge in [-0.05, 0) is 12.3 Å². The fourth-order valence-corrected chi connectivity index (χ4v) is 2.94. The number of nitrogens with zero attached hydrogens (tertiary/aromatic N) is 2. The van der Waals surface area contributed by atoms with Crippen molar-refractivity contribution >= 4 is 23.9 Å². The first-order valence-corrected chi connectivity index (χ1v) is 9.75. The maximum absolute atomic E-state index is 11.2. The Morgan fingerprint density at radius 1 is 0.767 bits per heavy atom.